The predicted octanol–water partition coefficient (Wildman–Crippen LogP) is 3.72. The van der Waals surface area contributed by atoms with E-state index in [9.17, 15) is 0 Å². The van der Waals surface area contributed by atoms with Gasteiger partial charge in [-0.1, -0.05) is 48.5 Å². The summed E-state index contributed by atoms with van der Waals surface area (Å²) in [5.41, 5.74) is 5.61. The summed E-state index contributed by atoms with van der Waals surface area (Å²) < 4.78 is 5.17. The molecule has 2 heteroatoms. The zero-order chi connectivity index (χ0) is 13.9. The summed E-state index contributed by atoms with van der Waals surface area (Å²) in [7, 11) is 3.97. The first-order valence-electron chi connectivity index (χ1n) is 7.20. The molecule has 0 spiro atoms. The Bertz CT molecular complexity index is 548. The maximum absolute atomic E-state index is 5.17. The van der Waals surface area contributed by atoms with Crippen LogP contribution in [0, 0.1) is 0 Å². The molecule has 0 aromatic heterocycles. The maximum atomic E-state index is 5.17. The van der Waals surface area contributed by atoms with Gasteiger partial charge in [-0.2, -0.15) is 0 Å². The van der Waals surface area contributed by atoms with Gasteiger partial charge in [-0.15, -0.1) is 0 Å². The molecule has 3 rings (SSSR count). The van der Waals surface area contributed by atoms with Crippen molar-refractivity contribution in [2.75, 3.05) is 27.3 Å². The monoisotopic (exact) mass is 267 g/mol. The number of hydrogen-bond donors (Lipinski definition) is 0. The Kier molecular flexibility index (Phi) is 3.86. The van der Waals surface area contributed by atoms with Gasteiger partial charge in [0.25, 0.3) is 0 Å². The van der Waals surface area contributed by atoms with Crippen LogP contribution in [0.15, 0.2) is 48.5 Å². The third-order valence-corrected chi connectivity index (χ3v) is 4.10. The summed E-state index contributed by atoms with van der Waals surface area (Å²) in [6.07, 6.45) is 1.06. The molecule has 0 fully saturated rings. The zero-order valence-corrected chi connectivity index (χ0v) is 12.2. The number of fused-ring (bicyclic) bond motifs is 3. The highest BCUT2D eigenvalue weighted by atomic mass is 16.5. The molecule has 0 heterocycles. The van der Waals surface area contributed by atoms with Crippen molar-refractivity contribution in [3.8, 4) is 11.1 Å². The van der Waals surface area contributed by atoms with Gasteiger partial charge in [0.15, 0.2) is 0 Å². The van der Waals surface area contributed by atoms with Crippen molar-refractivity contribution in [2.24, 2.45) is 0 Å². The molecule has 2 nitrogen and oxygen atoms in total. The van der Waals surface area contributed by atoms with E-state index in [0.717, 1.165) is 19.6 Å². The van der Waals surface area contributed by atoms with Crippen molar-refractivity contribution in [1.82, 2.24) is 4.90 Å². The second kappa shape index (κ2) is 5.78. The van der Waals surface area contributed by atoms with Crippen LogP contribution in [-0.4, -0.2) is 32.2 Å². The molecule has 0 atom stereocenters. The van der Waals surface area contributed by atoms with Crippen LogP contribution in [0.3, 0.4) is 0 Å². The smallest absolute Gasteiger partial charge is 0.0611 e. The Labute approximate surface area is 121 Å². The lowest BCUT2D eigenvalue weighted by atomic mass is 10.0. The third-order valence-electron chi connectivity index (χ3n) is 4.10. The number of ether oxygens (including phenoxy) is 1. The first kappa shape index (κ1) is 13.3. The quantitative estimate of drug-likeness (QED) is 0.765. The largest absolute Gasteiger partial charge is 0.385 e. The molecule has 0 N–H and O–H groups in total. The van der Waals surface area contributed by atoms with Crippen molar-refractivity contribution in [2.45, 2.75) is 12.5 Å². The van der Waals surface area contributed by atoms with E-state index in [4.69, 9.17) is 4.74 Å². The summed E-state index contributed by atoms with van der Waals surface area (Å²) >= 11 is 0. The Hall–Kier alpha value is -1.64. The van der Waals surface area contributed by atoms with Crippen LogP contribution in [0.1, 0.15) is 23.6 Å². The molecule has 0 aliphatic heterocycles. The normalized spacial score (nSPS) is 13.6. The minimum atomic E-state index is 0.374. The highest BCUT2D eigenvalue weighted by Gasteiger charge is 2.30. The second-order valence-corrected chi connectivity index (χ2v) is 5.40. The fourth-order valence-electron chi connectivity index (χ4n) is 3.19. The van der Waals surface area contributed by atoms with Crippen LogP contribution in [0.4, 0.5) is 0 Å². The minimum Gasteiger partial charge on any atom is -0.385 e. The van der Waals surface area contributed by atoms with Crippen LogP contribution < -0.4 is 0 Å². The van der Waals surface area contributed by atoms with Crippen LogP contribution in [0.5, 0.6) is 0 Å². The SMILES string of the molecule is COCCCN(C)C1c2ccccc2-c2ccccc21. The summed E-state index contributed by atoms with van der Waals surface area (Å²) in [6.45, 7) is 1.86. The van der Waals surface area contributed by atoms with E-state index in [0.29, 0.717) is 6.04 Å². The zero-order valence-electron chi connectivity index (χ0n) is 12.2. The van der Waals surface area contributed by atoms with Crippen LogP contribution in [-0.2, 0) is 4.74 Å². The van der Waals surface area contributed by atoms with Crippen molar-refractivity contribution in [3.63, 3.8) is 0 Å². The highest BCUT2D eigenvalue weighted by Crippen LogP contribution is 2.45. The van der Waals surface area contributed by atoms with Gasteiger partial charge in [0.05, 0.1) is 6.04 Å². The molecule has 2 aromatic carbocycles. The molecule has 0 radical (unpaired) electrons. The van der Waals surface area contributed by atoms with E-state index in [2.05, 4.69) is 60.5 Å². The predicted molar refractivity (Wildman–Crippen MR) is 82.8 cm³/mol. The van der Waals surface area contributed by atoms with Crippen LogP contribution >= 0.6 is 0 Å². The Morgan fingerprint density at radius 1 is 0.950 bits per heavy atom. The summed E-state index contributed by atoms with van der Waals surface area (Å²) in [5.74, 6) is 0. The van der Waals surface area contributed by atoms with Crippen molar-refractivity contribution in [1.29, 1.82) is 0 Å². The van der Waals surface area contributed by atoms with E-state index in [-0.39, 0.29) is 0 Å². The average molecular weight is 267 g/mol. The summed E-state index contributed by atoms with van der Waals surface area (Å²) in [6, 6.07) is 17.9. The molecule has 1 aliphatic rings. The van der Waals surface area contributed by atoms with Gasteiger partial charge >= 0.3 is 0 Å². The molecule has 2 aromatic rings. The Morgan fingerprint density at radius 3 is 2.05 bits per heavy atom. The van der Waals surface area contributed by atoms with Gasteiger partial charge in [0.1, 0.15) is 0 Å². The topological polar surface area (TPSA) is 12.5 Å². The van der Waals surface area contributed by atoms with Crippen LogP contribution in [0.2, 0.25) is 0 Å². The Balaban J connectivity index is 1.94. The maximum Gasteiger partial charge on any atom is 0.0611 e. The van der Waals surface area contributed by atoms with Gasteiger partial charge in [0.2, 0.25) is 0 Å². The molecule has 0 amide bonds. The van der Waals surface area contributed by atoms with Crippen molar-refractivity contribution in [3.05, 3.63) is 59.7 Å². The molecular formula is C18H21NO. The van der Waals surface area contributed by atoms with E-state index in [1.54, 1.807) is 7.11 Å². The lowest BCUT2D eigenvalue weighted by Crippen LogP contribution is -2.25. The molecule has 0 saturated carbocycles. The summed E-state index contributed by atoms with van der Waals surface area (Å²) in [4.78, 5) is 2.43. The molecule has 0 unspecified atom stereocenters. The van der Waals surface area contributed by atoms with Crippen molar-refractivity contribution < 1.29 is 4.74 Å². The first-order valence-corrected chi connectivity index (χ1v) is 7.20. The van der Waals surface area contributed by atoms with Gasteiger partial charge in [-0.25, -0.2) is 0 Å². The van der Waals surface area contributed by atoms with Gasteiger partial charge in [0, 0.05) is 20.3 Å². The molecule has 1 aliphatic carbocycles. The lowest BCUT2D eigenvalue weighted by molar-refractivity contribution is 0.172. The average Bonchev–Trinajstić information content (AvgIpc) is 2.82. The molecule has 0 bridgehead atoms. The fraction of sp³-hybridized carbons (Fsp3) is 0.333. The molecule has 0 saturated heterocycles. The second-order valence-electron chi connectivity index (χ2n) is 5.40. The van der Waals surface area contributed by atoms with Crippen molar-refractivity contribution >= 4 is 0 Å². The van der Waals surface area contributed by atoms with Gasteiger partial charge in [-0.05, 0) is 35.7 Å². The number of methoxy groups -OCH3 is 1. The van der Waals surface area contributed by atoms with Gasteiger partial charge < -0.3 is 4.74 Å². The molecular weight excluding hydrogens is 246 g/mol. The molecule has 104 valence electrons. The number of rotatable bonds is 5. The van der Waals surface area contributed by atoms with E-state index < -0.39 is 0 Å². The van der Waals surface area contributed by atoms with E-state index in [1.807, 2.05) is 0 Å². The minimum absolute atomic E-state index is 0.374. The first-order chi connectivity index (χ1) is 9.83. The van der Waals surface area contributed by atoms with E-state index >= 15 is 0 Å². The van der Waals surface area contributed by atoms with Crippen LogP contribution in [0.25, 0.3) is 11.1 Å². The van der Waals surface area contributed by atoms with E-state index in [1.165, 1.54) is 22.3 Å². The number of hydrogen-bond acceptors (Lipinski definition) is 2. The Morgan fingerprint density at radius 2 is 1.50 bits per heavy atom. The fourth-order valence-corrected chi connectivity index (χ4v) is 3.19. The standard InChI is InChI=1S/C18H21NO/c1-19(12-7-13-20-2)18-16-10-5-3-8-14(16)15-9-4-6-11-17(15)18/h3-6,8-11,18H,7,12-13H2,1-2H3. The molecule has 20 heavy (non-hydrogen) atoms. The summed E-state index contributed by atoms with van der Waals surface area (Å²) in [5, 5.41) is 0. The number of benzene rings is 2. The highest BCUT2D eigenvalue weighted by molar-refractivity contribution is 5.78. The van der Waals surface area contributed by atoms with Gasteiger partial charge in [-0.3, -0.25) is 4.90 Å². The third kappa shape index (κ3) is 2.26. The lowest BCUT2D eigenvalue weighted by Gasteiger charge is -2.26. The number of nitrogens with zero attached hydrogens (tertiary/aromatic N) is 1.